The molecule has 5 nitrogen and oxygen atoms in total. The second-order valence-electron chi connectivity index (χ2n) is 7.76. The molecule has 3 amide bonds. The predicted octanol–water partition coefficient (Wildman–Crippen LogP) is 3.03. The summed E-state index contributed by atoms with van der Waals surface area (Å²) in [5.41, 5.74) is 3.48. The Morgan fingerprint density at radius 1 is 1.00 bits per heavy atom. The third kappa shape index (κ3) is 4.77. The van der Waals surface area contributed by atoms with Crippen LogP contribution in [0.1, 0.15) is 48.8 Å². The highest BCUT2D eigenvalue weighted by Gasteiger charge is 2.26. The molecule has 0 radical (unpaired) electrons. The van der Waals surface area contributed by atoms with Gasteiger partial charge in [-0.25, -0.2) is 4.79 Å². The number of nitrogens with zero attached hydrogens (tertiary/aromatic N) is 2. The Bertz CT molecular complexity index is 645. The maximum Gasteiger partial charge on any atom is 0.317 e. The maximum atomic E-state index is 12.6. The van der Waals surface area contributed by atoms with Crippen LogP contribution in [0.3, 0.4) is 0 Å². The number of rotatable bonds is 3. The molecule has 1 heterocycles. The average molecular weight is 357 g/mol. The van der Waals surface area contributed by atoms with Gasteiger partial charge in [-0.1, -0.05) is 43.0 Å². The second kappa shape index (κ2) is 8.56. The Morgan fingerprint density at radius 3 is 2.31 bits per heavy atom. The van der Waals surface area contributed by atoms with Gasteiger partial charge in [-0.2, -0.15) is 0 Å². The molecular formula is C21H31N3O2. The molecule has 0 unspecified atom stereocenters. The van der Waals surface area contributed by atoms with Crippen LogP contribution in [-0.4, -0.2) is 54.0 Å². The summed E-state index contributed by atoms with van der Waals surface area (Å²) in [6.07, 6.45) is 6.35. The zero-order valence-corrected chi connectivity index (χ0v) is 16.1. The molecule has 5 heteroatoms. The summed E-state index contributed by atoms with van der Waals surface area (Å²) >= 11 is 0. The molecule has 3 rings (SSSR count). The van der Waals surface area contributed by atoms with Gasteiger partial charge in [-0.15, -0.1) is 0 Å². The highest BCUT2D eigenvalue weighted by molar-refractivity contribution is 5.80. The molecule has 1 aliphatic heterocycles. The third-order valence-electron chi connectivity index (χ3n) is 5.69. The number of carbonyl (C=O) groups excluding carboxylic acids is 2. The van der Waals surface area contributed by atoms with Crippen molar-refractivity contribution in [3.63, 3.8) is 0 Å². The van der Waals surface area contributed by atoms with Crippen molar-refractivity contribution in [1.82, 2.24) is 15.1 Å². The van der Waals surface area contributed by atoms with Crippen molar-refractivity contribution in [2.24, 2.45) is 0 Å². The number of urea groups is 1. The normalized spacial score (nSPS) is 18.7. The van der Waals surface area contributed by atoms with Gasteiger partial charge in [0.25, 0.3) is 0 Å². The van der Waals surface area contributed by atoms with Crippen LogP contribution < -0.4 is 5.32 Å². The molecule has 1 saturated carbocycles. The van der Waals surface area contributed by atoms with Crippen molar-refractivity contribution in [2.75, 3.05) is 26.2 Å². The first kappa shape index (κ1) is 18.7. The second-order valence-corrected chi connectivity index (χ2v) is 7.76. The topological polar surface area (TPSA) is 52.7 Å². The molecule has 26 heavy (non-hydrogen) atoms. The van der Waals surface area contributed by atoms with E-state index >= 15 is 0 Å². The van der Waals surface area contributed by atoms with E-state index in [-0.39, 0.29) is 11.9 Å². The highest BCUT2D eigenvalue weighted by Crippen LogP contribution is 2.18. The van der Waals surface area contributed by atoms with Gasteiger partial charge in [0.05, 0.1) is 6.42 Å². The number of carbonyl (C=O) groups is 2. The van der Waals surface area contributed by atoms with E-state index in [1.165, 1.54) is 30.4 Å². The summed E-state index contributed by atoms with van der Waals surface area (Å²) < 4.78 is 0. The Kier molecular flexibility index (Phi) is 6.17. The Balaban J connectivity index is 1.46. The smallest absolute Gasteiger partial charge is 0.317 e. The van der Waals surface area contributed by atoms with Gasteiger partial charge in [-0.05, 0) is 37.8 Å². The number of amides is 3. The monoisotopic (exact) mass is 357 g/mol. The lowest BCUT2D eigenvalue weighted by molar-refractivity contribution is -0.131. The van der Waals surface area contributed by atoms with Crippen molar-refractivity contribution in [1.29, 1.82) is 0 Å². The van der Waals surface area contributed by atoms with Crippen LogP contribution in [0.2, 0.25) is 0 Å². The SMILES string of the molecule is Cc1ccc(CC(=O)N2CCN(C(=O)NC3CCCCC3)CC2)c(C)c1. The summed E-state index contributed by atoms with van der Waals surface area (Å²) in [6.45, 7) is 6.62. The molecule has 0 bridgehead atoms. The number of aryl methyl sites for hydroxylation is 2. The van der Waals surface area contributed by atoms with Crippen LogP contribution in [0.25, 0.3) is 0 Å². The summed E-state index contributed by atoms with van der Waals surface area (Å²) in [6, 6.07) is 6.61. The van der Waals surface area contributed by atoms with E-state index in [4.69, 9.17) is 0 Å². The van der Waals surface area contributed by atoms with E-state index < -0.39 is 0 Å². The van der Waals surface area contributed by atoms with Crippen LogP contribution in [0.5, 0.6) is 0 Å². The minimum absolute atomic E-state index is 0.0402. The van der Waals surface area contributed by atoms with Gasteiger partial charge in [0.15, 0.2) is 0 Å². The van der Waals surface area contributed by atoms with E-state index in [1.54, 1.807) is 0 Å². The number of hydrogen-bond donors (Lipinski definition) is 1. The van der Waals surface area contributed by atoms with E-state index in [0.29, 0.717) is 38.6 Å². The molecule has 0 atom stereocenters. The molecule has 2 fully saturated rings. The predicted molar refractivity (Wildman–Crippen MR) is 103 cm³/mol. The van der Waals surface area contributed by atoms with Gasteiger partial charge in [0.1, 0.15) is 0 Å². The van der Waals surface area contributed by atoms with Crippen molar-refractivity contribution >= 4 is 11.9 Å². The lowest BCUT2D eigenvalue weighted by Crippen LogP contribution is -2.55. The molecule has 1 aromatic rings. The molecule has 0 spiro atoms. The molecule has 142 valence electrons. The zero-order valence-electron chi connectivity index (χ0n) is 16.1. The minimum atomic E-state index is 0.0402. The Morgan fingerprint density at radius 2 is 1.65 bits per heavy atom. The highest BCUT2D eigenvalue weighted by atomic mass is 16.2. The fourth-order valence-electron chi connectivity index (χ4n) is 3.99. The van der Waals surface area contributed by atoms with Crippen molar-refractivity contribution in [3.05, 3.63) is 34.9 Å². The number of nitrogens with one attached hydrogen (secondary N) is 1. The summed E-state index contributed by atoms with van der Waals surface area (Å²) in [5, 5.41) is 3.17. The molecule has 1 saturated heterocycles. The van der Waals surface area contributed by atoms with Crippen LogP contribution in [0, 0.1) is 13.8 Å². The van der Waals surface area contributed by atoms with Gasteiger partial charge in [0.2, 0.25) is 5.91 Å². The molecule has 2 aliphatic rings. The van der Waals surface area contributed by atoms with Crippen LogP contribution in [0.4, 0.5) is 4.79 Å². The molecule has 1 aromatic carbocycles. The van der Waals surface area contributed by atoms with E-state index in [0.717, 1.165) is 18.4 Å². The largest absolute Gasteiger partial charge is 0.339 e. The molecule has 0 aromatic heterocycles. The van der Waals surface area contributed by atoms with E-state index in [2.05, 4.69) is 37.4 Å². The standard InChI is InChI=1S/C21H31N3O2/c1-16-8-9-18(17(2)14-16)15-20(25)23-10-12-24(13-11-23)21(26)22-19-6-4-3-5-7-19/h8-9,14,19H,3-7,10-13,15H2,1-2H3,(H,22,26). The average Bonchev–Trinajstić information content (AvgIpc) is 2.65. The Hall–Kier alpha value is -2.04. The van der Waals surface area contributed by atoms with Crippen LogP contribution >= 0.6 is 0 Å². The number of hydrogen-bond acceptors (Lipinski definition) is 2. The molecule has 1 aliphatic carbocycles. The van der Waals surface area contributed by atoms with E-state index in [9.17, 15) is 9.59 Å². The summed E-state index contributed by atoms with van der Waals surface area (Å²) in [4.78, 5) is 28.8. The lowest BCUT2D eigenvalue weighted by Gasteiger charge is -2.36. The number of benzene rings is 1. The van der Waals surface area contributed by atoms with Gasteiger partial charge in [0, 0.05) is 32.2 Å². The van der Waals surface area contributed by atoms with E-state index in [1.807, 2.05) is 9.80 Å². The first-order valence-corrected chi connectivity index (χ1v) is 9.92. The lowest BCUT2D eigenvalue weighted by atomic mass is 9.96. The minimum Gasteiger partial charge on any atom is -0.339 e. The van der Waals surface area contributed by atoms with Crippen molar-refractivity contribution in [2.45, 2.75) is 58.4 Å². The fraction of sp³-hybridized carbons (Fsp3) is 0.619. The van der Waals surface area contributed by atoms with Crippen molar-refractivity contribution < 1.29 is 9.59 Å². The van der Waals surface area contributed by atoms with Crippen LogP contribution in [0.15, 0.2) is 18.2 Å². The first-order chi connectivity index (χ1) is 12.5. The van der Waals surface area contributed by atoms with Gasteiger partial charge < -0.3 is 15.1 Å². The van der Waals surface area contributed by atoms with Crippen molar-refractivity contribution in [3.8, 4) is 0 Å². The quantitative estimate of drug-likeness (QED) is 0.904. The summed E-state index contributed by atoms with van der Waals surface area (Å²) in [7, 11) is 0. The third-order valence-corrected chi connectivity index (χ3v) is 5.69. The molecule has 1 N–H and O–H groups in total. The van der Waals surface area contributed by atoms with Gasteiger partial charge >= 0.3 is 6.03 Å². The first-order valence-electron chi connectivity index (χ1n) is 9.92. The fourth-order valence-corrected chi connectivity index (χ4v) is 3.99. The Labute approximate surface area is 156 Å². The molecular weight excluding hydrogens is 326 g/mol. The number of piperazine rings is 1. The zero-order chi connectivity index (χ0) is 18.5. The van der Waals surface area contributed by atoms with Gasteiger partial charge in [-0.3, -0.25) is 4.79 Å². The maximum absolute atomic E-state index is 12.6. The summed E-state index contributed by atoms with van der Waals surface area (Å²) in [5.74, 6) is 0.157. The van der Waals surface area contributed by atoms with Crippen LogP contribution in [-0.2, 0) is 11.2 Å².